The van der Waals surface area contributed by atoms with E-state index in [1.54, 1.807) is 0 Å². The molecule has 58 valence electrons. The first-order valence-corrected chi connectivity index (χ1v) is 3.71. The number of rotatable bonds is 4. The molecule has 0 saturated carbocycles. The molecule has 0 rings (SSSR count). The van der Waals surface area contributed by atoms with E-state index in [9.17, 15) is 0 Å². The van der Waals surface area contributed by atoms with Crippen LogP contribution in [0, 0.1) is 0 Å². The molecular formula is C7H15N3. The Kier molecular flexibility index (Phi) is 5.92. The van der Waals surface area contributed by atoms with E-state index in [4.69, 9.17) is 0 Å². The summed E-state index contributed by atoms with van der Waals surface area (Å²) in [5.41, 5.74) is 1.06. The van der Waals surface area contributed by atoms with Gasteiger partial charge in [0.1, 0.15) is 0 Å². The molecule has 0 bridgehead atoms. The second-order valence-electron chi connectivity index (χ2n) is 2.13. The molecular weight excluding hydrogens is 126 g/mol. The van der Waals surface area contributed by atoms with Gasteiger partial charge in [0.05, 0.1) is 6.54 Å². The van der Waals surface area contributed by atoms with Gasteiger partial charge >= 0.3 is 0 Å². The normalized spacial score (nSPS) is 12.9. The quantitative estimate of drug-likeness (QED) is 0.328. The van der Waals surface area contributed by atoms with Crippen LogP contribution in [0.1, 0.15) is 33.6 Å². The van der Waals surface area contributed by atoms with Gasteiger partial charge in [-0.2, -0.15) is 5.11 Å². The lowest BCUT2D eigenvalue weighted by molar-refractivity contribution is 0.906. The Morgan fingerprint density at radius 1 is 1.30 bits per heavy atom. The third-order valence-electron chi connectivity index (χ3n) is 1.03. The van der Waals surface area contributed by atoms with Crippen LogP contribution in [-0.4, -0.2) is 12.3 Å². The number of hydrogen-bond acceptors (Lipinski definition) is 2. The minimum absolute atomic E-state index is 0.711. The van der Waals surface area contributed by atoms with Gasteiger partial charge in [-0.1, -0.05) is 13.3 Å². The lowest BCUT2D eigenvalue weighted by Gasteiger charge is -1.89. The van der Waals surface area contributed by atoms with Crippen LogP contribution < -0.4 is 0 Å². The maximum Gasteiger partial charge on any atom is 0.0592 e. The van der Waals surface area contributed by atoms with E-state index in [2.05, 4.69) is 22.4 Å². The zero-order valence-corrected chi connectivity index (χ0v) is 6.96. The second-order valence-corrected chi connectivity index (χ2v) is 2.13. The van der Waals surface area contributed by atoms with Gasteiger partial charge in [0.2, 0.25) is 0 Å². The molecule has 0 heterocycles. The molecule has 0 aromatic rings. The van der Waals surface area contributed by atoms with Gasteiger partial charge in [0.25, 0.3) is 0 Å². The Balaban J connectivity index is 3.56. The summed E-state index contributed by atoms with van der Waals surface area (Å²) in [5.74, 6) is 0. The summed E-state index contributed by atoms with van der Waals surface area (Å²) >= 11 is 0. The highest BCUT2D eigenvalue weighted by Gasteiger charge is 1.85. The van der Waals surface area contributed by atoms with Crippen molar-refractivity contribution in [3.63, 3.8) is 0 Å². The maximum absolute atomic E-state index is 3.88. The highest BCUT2D eigenvalue weighted by atomic mass is 15.4. The number of hydrogen-bond donors (Lipinski definition) is 0. The van der Waals surface area contributed by atoms with Crippen LogP contribution >= 0.6 is 0 Å². The van der Waals surface area contributed by atoms with Crippen LogP contribution in [-0.2, 0) is 0 Å². The first kappa shape index (κ1) is 9.27. The third kappa shape index (κ3) is 5.41. The smallest absolute Gasteiger partial charge is 0.0592 e. The van der Waals surface area contributed by atoms with Gasteiger partial charge in [-0.3, -0.25) is 0 Å². The fourth-order valence-corrected chi connectivity index (χ4v) is 0.583. The van der Waals surface area contributed by atoms with Gasteiger partial charge in [-0.15, -0.1) is 5.10 Å². The van der Waals surface area contributed by atoms with E-state index in [-0.39, 0.29) is 0 Å². The Labute approximate surface area is 62.2 Å². The Morgan fingerprint density at radius 2 is 2.00 bits per heavy atom. The van der Waals surface area contributed by atoms with Gasteiger partial charge in [0.15, 0.2) is 0 Å². The zero-order valence-electron chi connectivity index (χ0n) is 6.96. The standard InChI is InChI=1S/C7H15N3/c1-4-6-7(3)9-10-8-5-2/h4-6H2,1-3H3/b9-7-,10-8?. The molecule has 3 heteroatoms. The molecule has 0 fully saturated rings. The molecule has 0 radical (unpaired) electrons. The Hall–Kier alpha value is -0.730. The summed E-state index contributed by atoms with van der Waals surface area (Å²) in [6.07, 6.45) is 2.14. The van der Waals surface area contributed by atoms with E-state index >= 15 is 0 Å². The highest BCUT2D eigenvalue weighted by molar-refractivity contribution is 5.81. The highest BCUT2D eigenvalue weighted by Crippen LogP contribution is 1.91. The van der Waals surface area contributed by atoms with Crippen molar-refractivity contribution in [2.75, 3.05) is 6.54 Å². The van der Waals surface area contributed by atoms with Crippen LogP contribution in [0.15, 0.2) is 15.4 Å². The first-order valence-electron chi connectivity index (χ1n) is 3.71. The molecule has 10 heavy (non-hydrogen) atoms. The molecule has 0 unspecified atom stereocenters. The monoisotopic (exact) mass is 141 g/mol. The molecule has 0 aromatic heterocycles. The average Bonchev–Trinajstić information content (AvgIpc) is 1.89. The predicted molar refractivity (Wildman–Crippen MR) is 43.4 cm³/mol. The van der Waals surface area contributed by atoms with Crippen molar-refractivity contribution < 1.29 is 0 Å². The van der Waals surface area contributed by atoms with E-state index in [0.29, 0.717) is 6.54 Å². The molecule has 0 aliphatic heterocycles. The van der Waals surface area contributed by atoms with Crippen molar-refractivity contribution in [1.82, 2.24) is 0 Å². The van der Waals surface area contributed by atoms with Crippen molar-refractivity contribution in [2.45, 2.75) is 33.6 Å². The van der Waals surface area contributed by atoms with Crippen molar-refractivity contribution in [3.8, 4) is 0 Å². The van der Waals surface area contributed by atoms with Crippen LogP contribution in [0.5, 0.6) is 0 Å². The van der Waals surface area contributed by atoms with Gasteiger partial charge in [-0.05, 0) is 25.5 Å². The van der Waals surface area contributed by atoms with E-state index in [0.717, 1.165) is 18.6 Å². The van der Waals surface area contributed by atoms with E-state index in [1.165, 1.54) is 0 Å². The second kappa shape index (κ2) is 6.39. The van der Waals surface area contributed by atoms with Gasteiger partial charge in [0, 0.05) is 5.71 Å². The minimum atomic E-state index is 0.711. The third-order valence-corrected chi connectivity index (χ3v) is 1.03. The van der Waals surface area contributed by atoms with Crippen LogP contribution in [0.4, 0.5) is 0 Å². The fraction of sp³-hybridized carbons (Fsp3) is 0.857. The van der Waals surface area contributed by atoms with E-state index < -0.39 is 0 Å². The molecule has 3 nitrogen and oxygen atoms in total. The Morgan fingerprint density at radius 3 is 2.50 bits per heavy atom. The van der Waals surface area contributed by atoms with Gasteiger partial charge in [-0.25, -0.2) is 0 Å². The van der Waals surface area contributed by atoms with Crippen LogP contribution in [0.25, 0.3) is 0 Å². The van der Waals surface area contributed by atoms with E-state index in [1.807, 2.05) is 13.8 Å². The predicted octanol–water partition coefficient (Wildman–Crippen LogP) is 2.63. The molecule has 0 amide bonds. The summed E-state index contributed by atoms with van der Waals surface area (Å²) in [6, 6.07) is 0. The molecule has 0 atom stereocenters. The van der Waals surface area contributed by atoms with Crippen LogP contribution in [0.2, 0.25) is 0 Å². The summed E-state index contributed by atoms with van der Waals surface area (Å²) in [5, 5.41) is 11.2. The first-order chi connectivity index (χ1) is 4.81. The summed E-state index contributed by atoms with van der Waals surface area (Å²) < 4.78 is 0. The van der Waals surface area contributed by atoms with Crippen molar-refractivity contribution in [2.24, 2.45) is 15.4 Å². The average molecular weight is 141 g/mol. The Bertz CT molecular complexity index is 127. The SMILES string of the molecule is CCC/C(C)=N\N=NCC. The topological polar surface area (TPSA) is 37.1 Å². The molecule has 0 aliphatic rings. The molecule has 0 N–H and O–H groups in total. The minimum Gasteiger partial charge on any atom is -0.169 e. The summed E-state index contributed by atoms with van der Waals surface area (Å²) in [4.78, 5) is 0. The maximum atomic E-state index is 3.88. The summed E-state index contributed by atoms with van der Waals surface area (Å²) in [7, 11) is 0. The van der Waals surface area contributed by atoms with Crippen molar-refractivity contribution in [1.29, 1.82) is 0 Å². The lowest BCUT2D eigenvalue weighted by atomic mass is 10.2. The van der Waals surface area contributed by atoms with Crippen LogP contribution in [0.3, 0.4) is 0 Å². The van der Waals surface area contributed by atoms with Gasteiger partial charge < -0.3 is 0 Å². The molecule has 0 saturated heterocycles. The number of nitrogens with zero attached hydrogens (tertiary/aromatic N) is 3. The van der Waals surface area contributed by atoms with Crippen molar-refractivity contribution >= 4 is 5.71 Å². The lowest BCUT2D eigenvalue weighted by Crippen LogP contribution is -1.86. The molecule has 0 spiro atoms. The molecule has 0 aromatic carbocycles. The summed E-state index contributed by atoms with van der Waals surface area (Å²) in [6.45, 7) is 6.74. The largest absolute Gasteiger partial charge is 0.169 e. The zero-order chi connectivity index (χ0) is 7.82. The van der Waals surface area contributed by atoms with Crippen molar-refractivity contribution in [3.05, 3.63) is 0 Å². The molecule has 0 aliphatic carbocycles. The fourth-order valence-electron chi connectivity index (χ4n) is 0.583.